The molecular weight excluding hydrogens is 300 g/mol. The molecule has 0 aliphatic heterocycles. The van der Waals surface area contributed by atoms with E-state index in [4.69, 9.17) is 5.73 Å². The van der Waals surface area contributed by atoms with Crippen molar-refractivity contribution in [1.29, 1.82) is 0 Å². The summed E-state index contributed by atoms with van der Waals surface area (Å²) in [6, 6.07) is 5.52. The summed E-state index contributed by atoms with van der Waals surface area (Å²) in [7, 11) is 0. The first kappa shape index (κ1) is 14.5. The average Bonchev–Trinajstić information content (AvgIpc) is 3.24. The number of pyridine rings is 1. The van der Waals surface area contributed by atoms with E-state index in [9.17, 15) is 9.59 Å². The Morgan fingerprint density at radius 2 is 2.09 bits per heavy atom. The van der Waals surface area contributed by atoms with Gasteiger partial charge in [0.05, 0.1) is 10.6 Å². The molecule has 1 aliphatic rings. The van der Waals surface area contributed by atoms with Crippen molar-refractivity contribution in [3.8, 4) is 0 Å². The van der Waals surface area contributed by atoms with E-state index in [1.54, 1.807) is 23.8 Å². The lowest BCUT2D eigenvalue weighted by atomic mass is 10.2. The monoisotopic (exact) mass is 316 g/mol. The summed E-state index contributed by atoms with van der Waals surface area (Å²) in [6.07, 6.45) is 5.48. The molecule has 0 saturated heterocycles. The van der Waals surface area contributed by atoms with Crippen LogP contribution in [0.3, 0.4) is 0 Å². The van der Waals surface area contributed by atoms with Crippen LogP contribution in [0.4, 0.5) is 10.5 Å². The van der Waals surface area contributed by atoms with Gasteiger partial charge in [-0.25, -0.2) is 4.79 Å². The van der Waals surface area contributed by atoms with Crippen molar-refractivity contribution in [2.45, 2.75) is 25.4 Å². The highest BCUT2D eigenvalue weighted by Crippen LogP contribution is 2.29. The van der Waals surface area contributed by atoms with E-state index in [1.807, 2.05) is 17.0 Å². The lowest BCUT2D eigenvalue weighted by Crippen LogP contribution is -2.36. The summed E-state index contributed by atoms with van der Waals surface area (Å²) in [5.74, 6) is -0.485. The normalized spacial score (nSPS) is 13.6. The third kappa shape index (κ3) is 3.43. The Kier molecular flexibility index (Phi) is 4.06. The van der Waals surface area contributed by atoms with Crippen LogP contribution in [-0.4, -0.2) is 27.9 Å². The lowest BCUT2D eigenvalue weighted by Gasteiger charge is -2.22. The van der Waals surface area contributed by atoms with E-state index < -0.39 is 5.91 Å². The Labute approximate surface area is 132 Å². The highest BCUT2D eigenvalue weighted by atomic mass is 32.1. The molecule has 1 saturated carbocycles. The number of anilines is 1. The fourth-order valence-corrected chi connectivity index (χ4v) is 2.86. The zero-order valence-electron chi connectivity index (χ0n) is 11.9. The number of amides is 3. The Hall–Kier alpha value is -2.41. The van der Waals surface area contributed by atoms with Gasteiger partial charge in [0.1, 0.15) is 0 Å². The molecule has 6 nitrogen and oxygen atoms in total. The van der Waals surface area contributed by atoms with E-state index in [0.717, 1.165) is 18.4 Å². The number of hydrogen-bond acceptors (Lipinski definition) is 4. The highest BCUT2D eigenvalue weighted by molar-refractivity contribution is 7.12. The number of primary amides is 1. The second-order valence-electron chi connectivity index (χ2n) is 5.21. The summed E-state index contributed by atoms with van der Waals surface area (Å²) in [6.45, 7) is 0.547. The minimum absolute atomic E-state index is 0.159. The van der Waals surface area contributed by atoms with Gasteiger partial charge in [0, 0.05) is 30.4 Å². The number of carbonyl (C=O) groups excluding carboxylic acids is 2. The molecular formula is C15H16N4O2S. The number of nitrogens with one attached hydrogen (secondary N) is 1. The number of aromatic nitrogens is 1. The number of urea groups is 1. The number of nitrogens with two attached hydrogens (primary N) is 1. The summed E-state index contributed by atoms with van der Waals surface area (Å²) in [5, 5.41) is 4.55. The molecule has 1 fully saturated rings. The number of carbonyl (C=O) groups is 2. The van der Waals surface area contributed by atoms with Crippen molar-refractivity contribution in [2.75, 3.05) is 5.32 Å². The van der Waals surface area contributed by atoms with Crippen LogP contribution in [0.15, 0.2) is 36.0 Å². The van der Waals surface area contributed by atoms with Gasteiger partial charge in [0.2, 0.25) is 0 Å². The number of rotatable bonds is 5. The van der Waals surface area contributed by atoms with Gasteiger partial charge in [-0.3, -0.25) is 9.78 Å². The molecule has 0 bridgehead atoms. The maximum atomic E-state index is 12.5. The topological polar surface area (TPSA) is 88.3 Å². The molecule has 0 radical (unpaired) electrons. The smallest absolute Gasteiger partial charge is 0.322 e. The molecule has 0 spiro atoms. The minimum atomic E-state index is -0.485. The highest BCUT2D eigenvalue weighted by Gasteiger charge is 2.32. The largest absolute Gasteiger partial charge is 0.365 e. The molecule has 22 heavy (non-hydrogen) atoms. The molecule has 2 aromatic rings. The van der Waals surface area contributed by atoms with Gasteiger partial charge in [0.25, 0.3) is 5.91 Å². The van der Waals surface area contributed by atoms with Gasteiger partial charge in [-0.15, -0.1) is 11.3 Å². The second kappa shape index (κ2) is 6.15. The van der Waals surface area contributed by atoms with Crippen LogP contribution in [-0.2, 0) is 6.54 Å². The second-order valence-corrected chi connectivity index (χ2v) is 6.12. The Balaban J connectivity index is 1.68. The minimum Gasteiger partial charge on any atom is -0.365 e. The van der Waals surface area contributed by atoms with Gasteiger partial charge in [0.15, 0.2) is 0 Å². The first-order valence-corrected chi connectivity index (χ1v) is 7.86. The Bertz CT molecular complexity index is 682. The Morgan fingerprint density at radius 3 is 2.68 bits per heavy atom. The predicted molar refractivity (Wildman–Crippen MR) is 84.7 cm³/mol. The standard InChI is InChI=1S/C15H16N4O2S/c16-14(20)13-7-11(9-22-13)18-15(21)19(12-1-2-12)8-10-3-5-17-6-4-10/h3-7,9,12H,1-2,8H2,(H2,16,20)(H,18,21). The zero-order chi connectivity index (χ0) is 15.5. The number of thiophene rings is 1. The summed E-state index contributed by atoms with van der Waals surface area (Å²) in [5.41, 5.74) is 6.86. The maximum Gasteiger partial charge on any atom is 0.322 e. The van der Waals surface area contributed by atoms with Gasteiger partial charge in [-0.1, -0.05) is 0 Å². The van der Waals surface area contributed by atoms with Crippen LogP contribution in [0.25, 0.3) is 0 Å². The molecule has 114 valence electrons. The van der Waals surface area contributed by atoms with Crippen LogP contribution in [0.5, 0.6) is 0 Å². The third-order valence-electron chi connectivity index (χ3n) is 3.44. The quantitative estimate of drug-likeness (QED) is 0.888. The molecule has 0 unspecified atom stereocenters. The average molecular weight is 316 g/mol. The molecule has 0 atom stereocenters. The van der Waals surface area contributed by atoms with Crippen molar-refractivity contribution in [3.05, 3.63) is 46.4 Å². The molecule has 3 amide bonds. The molecule has 1 aliphatic carbocycles. The van der Waals surface area contributed by atoms with Crippen molar-refractivity contribution in [3.63, 3.8) is 0 Å². The number of hydrogen-bond donors (Lipinski definition) is 2. The van der Waals surface area contributed by atoms with Crippen molar-refractivity contribution < 1.29 is 9.59 Å². The number of nitrogens with zero attached hydrogens (tertiary/aromatic N) is 2. The van der Waals surface area contributed by atoms with Crippen molar-refractivity contribution in [2.24, 2.45) is 5.73 Å². The molecule has 7 heteroatoms. The van der Waals surface area contributed by atoms with E-state index >= 15 is 0 Å². The van der Waals surface area contributed by atoms with Crippen LogP contribution >= 0.6 is 11.3 Å². The van der Waals surface area contributed by atoms with Gasteiger partial charge in [-0.05, 0) is 36.6 Å². The summed E-state index contributed by atoms with van der Waals surface area (Å²) in [4.78, 5) is 29.8. The van der Waals surface area contributed by atoms with Crippen molar-refractivity contribution >= 4 is 29.0 Å². The zero-order valence-corrected chi connectivity index (χ0v) is 12.7. The van der Waals surface area contributed by atoms with Crippen LogP contribution in [0.1, 0.15) is 28.1 Å². The van der Waals surface area contributed by atoms with E-state index in [0.29, 0.717) is 17.1 Å². The predicted octanol–water partition coefficient (Wildman–Crippen LogP) is 2.44. The molecule has 3 N–H and O–H groups in total. The van der Waals surface area contributed by atoms with Crippen LogP contribution in [0.2, 0.25) is 0 Å². The molecule has 2 aromatic heterocycles. The van der Waals surface area contributed by atoms with Crippen LogP contribution in [0, 0.1) is 0 Å². The van der Waals surface area contributed by atoms with Gasteiger partial charge < -0.3 is 16.0 Å². The fraction of sp³-hybridized carbons (Fsp3) is 0.267. The first-order chi connectivity index (χ1) is 10.6. The van der Waals surface area contributed by atoms with E-state index in [2.05, 4.69) is 10.3 Å². The fourth-order valence-electron chi connectivity index (χ4n) is 2.16. The lowest BCUT2D eigenvalue weighted by molar-refractivity contribution is 0.100. The maximum absolute atomic E-state index is 12.5. The first-order valence-electron chi connectivity index (χ1n) is 6.98. The van der Waals surface area contributed by atoms with Crippen LogP contribution < -0.4 is 11.1 Å². The molecule has 2 heterocycles. The van der Waals surface area contributed by atoms with Gasteiger partial charge >= 0.3 is 6.03 Å². The van der Waals surface area contributed by atoms with E-state index in [1.165, 1.54) is 11.3 Å². The van der Waals surface area contributed by atoms with Gasteiger partial charge in [-0.2, -0.15) is 0 Å². The Morgan fingerprint density at radius 1 is 1.36 bits per heavy atom. The SMILES string of the molecule is NC(=O)c1cc(NC(=O)N(Cc2ccncc2)C2CC2)cs1. The summed E-state index contributed by atoms with van der Waals surface area (Å²) < 4.78 is 0. The molecule has 0 aromatic carbocycles. The molecule has 3 rings (SSSR count). The summed E-state index contributed by atoms with van der Waals surface area (Å²) >= 11 is 1.22. The third-order valence-corrected chi connectivity index (χ3v) is 4.39. The van der Waals surface area contributed by atoms with E-state index in [-0.39, 0.29) is 12.1 Å². The van der Waals surface area contributed by atoms with Crippen molar-refractivity contribution in [1.82, 2.24) is 9.88 Å².